The largest absolute Gasteiger partial charge is 0.468 e. The van der Waals surface area contributed by atoms with E-state index < -0.39 is 39.2 Å². The first-order chi connectivity index (χ1) is 12.8. The summed E-state index contributed by atoms with van der Waals surface area (Å²) >= 11 is 0. The van der Waals surface area contributed by atoms with Gasteiger partial charge in [-0.1, -0.05) is 48.0 Å². The normalized spacial score (nSPS) is 13.4. The highest BCUT2D eigenvalue weighted by molar-refractivity contribution is 7.93. The van der Waals surface area contributed by atoms with Gasteiger partial charge in [-0.3, -0.25) is 9.59 Å². The van der Waals surface area contributed by atoms with Crippen LogP contribution in [0.2, 0.25) is 0 Å². The van der Waals surface area contributed by atoms with Crippen molar-refractivity contribution >= 4 is 27.9 Å². The van der Waals surface area contributed by atoms with E-state index in [4.69, 9.17) is 4.74 Å². The predicted molar refractivity (Wildman–Crippen MR) is 99.2 cm³/mol. The van der Waals surface area contributed by atoms with E-state index in [-0.39, 0.29) is 10.5 Å². The van der Waals surface area contributed by atoms with E-state index >= 15 is 0 Å². The second-order valence-corrected chi connectivity index (χ2v) is 8.40. The molecule has 0 N–H and O–H groups in total. The van der Waals surface area contributed by atoms with Crippen molar-refractivity contribution in [3.05, 3.63) is 65.7 Å². The van der Waals surface area contributed by atoms with E-state index in [0.29, 0.717) is 6.29 Å². The molecule has 0 amide bonds. The molecule has 0 aliphatic heterocycles. The van der Waals surface area contributed by atoms with E-state index in [9.17, 15) is 22.8 Å². The molecule has 0 saturated heterocycles. The summed E-state index contributed by atoms with van der Waals surface area (Å²) in [5.41, 5.74) is 1.07. The topological polar surface area (TPSA) is 94.6 Å². The van der Waals surface area contributed by atoms with Gasteiger partial charge in [-0.15, -0.1) is 0 Å². The number of carbonyl (C=O) groups is 3. The minimum absolute atomic E-state index is 0.152. The summed E-state index contributed by atoms with van der Waals surface area (Å²) in [4.78, 5) is 36.4. The zero-order valence-corrected chi connectivity index (χ0v) is 15.9. The summed E-state index contributed by atoms with van der Waals surface area (Å²) in [6.07, 6.45) is -1.06. The highest BCUT2D eigenvalue weighted by Gasteiger charge is 2.53. The molecule has 0 aromatic heterocycles. The molecule has 0 radical (unpaired) electrons. The fraction of sp³-hybridized carbons (Fsp3) is 0.250. The van der Waals surface area contributed by atoms with Gasteiger partial charge in [0.2, 0.25) is 0 Å². The lowest BCUT2D eigenvalue weighted by molar-refractivity contribution is -0.144. The number of aldehydes is 1. The maximum atomic E-state index is 13.3. The Bertz CT molecular complexity index is 932. The zero-order chi connectivity index (χ0) is 20.1. The lowest BCUT2D eigenvalue weighted by Crippen LogP contribution is -2.49. The molecular weight excluding hydrogens is 368 g/mol. The third-order valence-electron chi connectivity index (χ3n) is 4.36. The molecule has 0 fully saturated rings. The monoisotopic (exact) mass is 388 g/mol. The summed E-state index contributed by atoms with van der Waals surface area (Å²) in [7, 11) is -3.36. The third-order valence-corrected chi connectivity index (χ3v) is 6.76. The van der Waals surface area contributed by atoms with Crippen molar-refractivity contribution in [1.82, 2.24) is 0 Å². The molecule has 27 heavy (non-hydrogen) atoms. The maximum absolute atomic E-state index is 13.3. The molecule has 1 unspecified atom stereocenters. The van der Waals surface area contributed by atoms with Crippen molar-refractivity contribution in [2.75, 3.05) is 7.11 Å². The fourth-order valence-electron chi connectivity index (χ4n) is 2.79. The van der Waals surface area contributed by atoms with Gasteiger partial charge < -0.3 is 9.53 Å². The van der Waals surface area contributed by atoms with Gasteiger partial charge in [0.25, 0.3) is 0 Å². The Morgan fingerprint density at radius 3 is 2.15 bits per heavy atom. The van der Waals surface area contributed by atoms with Gasteiger partial charge >= 0.3 is 5.97 Å². The van der Waals surface area contributed by atoms with Crippen LogP contribution in [0.3, 0.4) is 0 Å². The average Bonchev–Trinajstić information content (AvgIpc) is 2.67. The number of ether oxygens (including phenoxy) is 1. The third kappa shape index (κ3) is 3.98. The Labute approximate surface area is 158 Å². The number of Topliss-reactive ketones (excluding diaryl/α,β-unsaturated/α-hetero) is 1. The van der Waals surface area contributed by atoms with Crippen LogP contribution in [0.1, 0.15) is 28.8 Å². The molecular formula is C20H20O6S. The summed E-state index contributed by atoms with van der Waals surface area (Å²) in [5, 5.41) is 0. The molecule has 142 valence electrons. The summed E-state index contributed by atoms with van der Waals surface area (Å²) in [5.74, 6) is -1.71. The number of esters is 1. The van der Waals surface area contributed by atoms with Gasteiger partial charge in [-0.05, 0) is 19.1 Å². The molecule has 0 heterocycles. The number of ketones is 1. The molecule has 0 spiro atoms. The molecule has 0 aliphatic rings. The molecule has 2 aromatic rings. The molecule has 1 atom stereocenters. The number of hydrogen-bond donors (Lipinski definition) is 0. The van der Waals surface area contributed by atoms with Crippen LogP contribution in [0.25, 0.3) is 0 Å². The quantitative estimate of drug-likeness (QED) is 0.392. The van der Waals surface area contributed by atoms with Crippen LogP contribution in [0.5, 0.6) is 0 Å². The minimum atomic E-state index is -4.38. The minimum Gasteiger partial charge on any atom is -0.468 e. The highest BCUT2D eigenvalue weighted by Crippen LogP contribution is 2.34. The first kappa shape index (κ1) is 20.5. The zero-order valence-electron chi connectivity index (χ0n) is 15.0. The van der Waals surface area contributed by atoms with Crippen LogP contribution in [0, 0.1) is 6.92 Å². The molecule has 2 rings (SSSR count). The lowest BCUT2D eigenvalue weighted by atomic mass is 9.95. The Kier molecular flexibility index (Phi) is 6.28. The van der Waals surface area contributed by atoms with Crippen molar-refractivity contribution in [2.24, 2.45) is 0 Å². The first-order valence-corrected chi connectivity index (χ1v) is 9.68. The number of benzene rings is 2. The van der Waals surface area contributed by atoms with Crippen molar-refractivity contribution in [3.8, 4) is 0 Å². The summed E-state index contributed by atoms with van der Waals surface area (Å²) < 4.78 is 29.0. The predicted octanol–water partition coefficient (Wildman–Crippen LogP) is 2.54. The SMILES string of the molecule is COC(=O)C(CC=O)(CC(=O)c1ccccc1)S(=O)(=O)c1ccc(C)cc1. The standard InChI is InChI=1S/C20H20O6S/c1-15-8-10-17(11-9-15)27(24,25)20(12-13-21,19(23)26-2)14-18(22)16-6-4-3-5-7-16/h3-11,13H,12,14H2,1-2H3. The molecule has 0 aliphatic carbocycles. The highest BCUT2D eigenvalue weighted by atomic mass is 32.2. The van der Waals surface area contributed by atoms with Crippen LogP contribution < -0.4 is 0 Å². The van der Waals surface area contributed by atoms with Crippen LogP contribution in [0.4, 0.5) is 0 Å². The Balaban J connectivity index is 2.61. The van der Waals surface area contributed by atoms with E-state index in [0.717, 1.165) is 12.7 Å². The number of sulfone groups is 1. The molecule has 6 nitrogen and oxygen atoms in total. The van der Waals surface area contributed by atoms with Gasteiger partial charge in [-0.2, -0.15) is 0 Å². The van der Waals surface area contributed by atoms with Crippen molar-refractivity contribution in [1.29, 1.82) is 0 Å². The van der Waals surface area contributed by atoms with Crippen molar-refractivity contribution < 1.29 is 27.5 Å². The second-order valence-electron chi connectivity index (χ2n) is 6.14. The van der Waals surface area contributed by atoms with Crippen molar-refractivity contribution in [2.45, 2.75) is 29.4 Å². The number of hydrogen-bond acceptors (Lipinski definition) is 6. The lowest BCUT2D eigenvalue weighted by Gasteiger charge is -2.28. The number of aryl methyl sites for hydroxylation is 1. The Morgan fingerprint density at radius 2 is 1.63 bits per heavy atom. The van der Waals surface area contributed by atoms with Crippen LogP contribution >= 0.6 is 0 Å². The smallest absolute Gasteiger partial charge is 0.328 e. The fourth-order valence-corrected chi connectivity index (χ4v) is 4.65. The Morgan fingerprint density at radius 1 is 1.04 bits per heavy atom. The van der Waals surface area contributed by atoms with Gasteiger partial charge in [-0.25, -0.2) is 8.42 Å². The number of rotatable bonds is 8. The molecule has 7 heteroatoms. The van der Waals surface area contributed by atoms with E-state index in [1.54, 1.807) is 37.3 Å². The molecule has 2 aromatic carbocycles. The Hall–Kier alpha value is -2.80. The van der Waals surface area contributed by atoms with Crippen LogP contribution in [-0.4, -0.2) is 38.3 Å². The number of methoxy groups -OCH3 is 1. The number of carbonyl (C=O) groups excluding carboxylic acids is 3. The van der Waals surface area contributed by atoms with Crippen LogP contribution in [-0.2, 0) is 24.2 Å². The molecule has 0 bridgehead atoms. The summed E-state index contributed by atoms with van der Waals surface area (Å²) in [6.45, 7) is 1.79. The van der Waals surface area contributed by atoms with E-state index in [1.165, 1.54) is 24.3 Å². The van der Waals surface area contributed by atoms with Gasteiger partial charge in [0.15, 0.2) is 20.4 Å². The summed E-state index contributed by atoms with van der Waals surface area (Å²) in [6, 6.07) is 13.8. The van der Waals surface area contributed by atoms with Gasteiger partial charge in [0.1, 0.15) is 6.29 Å². The first-order valence-electron chi connectivity index (χ1n) is 8.20. The maximum Gasteiger partial charge on any atom is 0.328 e. The van der Waals surface area contributed by atoms with Crippen LogP contribution in [0.15, 0.2) is 59.5 Å². The van der Waals surface area contributed by atoms with E-state index in [1.807, 2.05) is 0 Å². The van der Waals surface area contributed by atoms with Gasteiger partial charge in [0, 0.05) is 18.4 Å². The molecule has 0 saturated carbocycles. The van der Waals surface area contributed by atoms with Gasteiger partial charge in [0.05, 0.1) is 12.0 Å². The second kappa shape index (κ2) is 8.26. The average molecular weight is 388 g/mol. The van der Waals surface area contributed by atoms with E-state index in [2.05, 4.69) is 0 Å². The van der Waals surface area contributed by atoms with Crippen molar-refractivity contribution in [3.63, 3.8) is 0 Å².